The summed E-state index contributed by atoms with van der Waals surface area (Å²) in [6.45, 7) is 6.69. The Balaban J connectivity index is 0.00000176. The monoisotopic (exact) mass is 326 g/mol. The molecule has 0 spiro atoms. The van der Waals surface area contributed by atoms with Crippen molar-refractivity contribution in [1.82, 2.24) is 4.90 Å². The maximum atomic E-state index is 12.7. The van der Waals surface area contributed by atoms with E-state index in [1.54, 1.807) is 12.1 Å². The zero-order chi connectivity index (χ0) is 15.0. The number of carbonyl (C=O) groups excluding carboxylic acids is 1. The Labute approximate surface area is 137 Å². The van der Waals surface area contributed by atoms with Crippen LogP contribution in [0.4, 0.5) is 0 Å². The fraction of sp³-hybridized carbons (Fsp3) is 0.562. The van der Waals surface area contributed by atoms with Crippen LogP contribution in [0.5, 0.6) is 11.5 Å². The molecule has 22 heavy (non-hydrogen) atoms. The third-order valence-corrected chi connectivity index (χ3v) is 4.39. The average molecular weight is 327 g/mol. The van der Waals surface area contributed by atoms with Crippen LogP contribution >= 0.6 is 12.4 Å². The van der Waals surface area contributed by atoms with Crippen molar-refractivity contribution in [2.24, 2.45) is 11.1 Å². The first-order chi connectivity index (χ1) is 9.97. The van der Waals surface area contributed by atoms with Gasteiger partial charge in [-0.05, 0) is 30.0 Å². The maximum absolute atomic E-state index is 12.7. The van der Waals surface area contributed by atoms with E-state index in [-0.39, 0.29) is 29.8 Å². The summed E-state index contributed by atoms with van der Waals surface area (Å²) in [5, 5.41) is 0. The van der Waals surface area contributed by atoms with Gasteiger partial charge in [0, 0.05) is 24.7 Å². The van der Waals surface area contributed by atoms with E-state index in [4.69, 9.17) is 15.2 Å². The number of hydrogen-bond acceptors (Lipinski definition) is 4. The Bertz CT molecular complexity index is 562. The van der Waals surface area contributed by atoms with Crippen LogP contribution in [0, 0.1) is 5.41 Å². The number of piperidine rings is 1. The van der Waals surface area contributed by atoms with E-state index in [1.807, 2.05) is 11.0 Å². The Morgan fingerprint density at radius 2 is 1.95 bits per heavy atom. The van der Waals surface area contributed by atoms with Gasteiger partial charge in [0.05, 0.1) is 0 Å². The van der Waals surface area contributed by atoms with Crippen molar-refractivity contribution < 1.29 is 14.3 Å². The number of halogens is 1. The predicted octanol–water partition coefficient (Wildman–Crippen LogP) is 2.08. The average Bonchev–Trinajstić information content (AvgIpc) is 2.48. The molecule has 2 aliphatic rings. The van der Waals surface area contributed by atoms with Gasteiger partial charge in [0.25, 0.3) is 5.91 Å². The second-order valence-electron chi connectivity index (χ2n) is 6.47. The highest BCUT2D eigenvalue weighted by molar-refractivity contribution is 5.95. The van der Waals surface area contributed by atoms with Crippen LogP contribution in [0.2, 0.25) is 0 Å². The minimum absolute atomic E-state index is 0. The second kappa shape index (κ2) is 6.34. The van der Waals surface area contributed by atoms with Gasteiger partial charge in [-0.3, -0.25) is 4.79 Å². The van der Waals surface area contributed by atoms with E-state index in [9.17, 15) is 4.79 Å². The molecular weight excluding hydrogens is 304 g/mol. The van der Waals surface area contributed by atoms with Crippen LogP contribution in [0.3, 0.4) is 0 Å². The fourth-order valence-corrected chi connectivity index (χ4v) is 2.91. The summed E-state index contributed by atoms with van der Waals surface area (Å²) < 4.78 is 11.0. The Morgan fingerprint density at radius 3 is 2.64 bits per heavy atom. The largest absolute Gasteiger partial charge is 0.486 e. The minimum Gasteiger partial charge on any atom is -0.486 e. The summed E-state index contributed by atoms with van der Waals surface area (Å²) in [5.41, 5.74) is 6.72. The van der Waals surface area contributed by atoms with Crippen LogP contribution in [0.1, 0.15) is 30.6 Å². The summed E-state index contributed by atoms with van der Waals surface area (Å²) in [6.07, 6.45) is 0.837. The fourth-order valence-electron chi connectivity index (χ4n) is 2.91. The molecule has 5 nitrogen and oxygen atoms in total. The molecule has 0 saturated carbocycles. The highest BCUT2D eigenvalue weighted by Gasteiger charge is 2.35. The smallest absolute Gasteiger partial charge is 0.254 e. The van der Waals surface area contributed by atoms with Crippen LogP contribution in [0.15, 0.2) is 18.2 Å². The minimum atomic E-state index is -0.0538. The van der Waals surface area contributed by atoms with Crippen LogP contribution in [-0.4, -0.2) is 43.2 Å². The normalized spacial score (nSPS) is 22.7. The van der Waals surface area contributed by atoms with Gasteiger partial charge < -0.3 is 20.1 Å². The van der Waals surface area contributed by atoms with Gasteiger partial charge in [0.1, 0.15) is 13.2 Å². The second-order valence-corrected chi connectivity index (χ2v) is 6.47. The molecule has 1 fully saturated rings. The number of rotatable bonds is 1. The van der Waals surface area contributed by atoms with Crippen molar-refractivity contribution in [3.8, 4) is 11.5 Å². The van der Waals surface area contributed by atoms with Gasteiger partial charge in [-0.2, -0.15) is 0 Å². The number of amides is 1. The van der Waals surface area contributed by atoms with Gasteiger partial charge in [-0.25, -0.2) is 0 Å². The SMILES string of the molecule is CC1(C)CN(C(=O)c2ccc3c(c2)OCCO3)CCC1N.Cl. The highest BCUT2D eigenvalue weighted by Crippen LogP contribution is 2.33. The van der Waals surface area contributed by atoms with Crippen molar-refractivity contribution in [3.05, 3.63) is 23.8 Å². The molecule has 0 aromatic heterocycles. The van der Waals surface area contributed by atoms with Crippen LogP contribution < -0.4 is 15.2 Å². The van der Waals surface area contributed by atoms with E-state index in [0.29, 0.717) is 43.4 Å². The topological polar surface area (TPSA) is 64.8 Å². The Morgan fingerprint density at radius 1 is 1.27 bits per heavy atom. The molecular formula is C16H23ClN2O3. The third-order valence-electron chi connectivity index (χ3n) is 4.39. The van der Waals surface area contributed by atoms with E-state index in [1.165, 1.54) is 0 Å². The standard InChI is InChI=1S/C16H22N2O3.ClH/c1-16(2)10-18(6-5-14(16)17)15(19)11-3-4-12-13(9-11)21-8-7-20-12;/h3-4,9,14H,5-8,10,17H2,1-2H3;1H. The molecule has 2 N–H and O–H groups in total. The quantitative estimate of drug-likeness (QED) is 0.858. The Kier molecular flexibility index (Phi) is 4.87. The number of likely N-dealkylation sites (tertiary alicyclic amines) is 1. The Hall–Kier alpha value is -1.46. The first-order valence-electron chi connectivity index (χ1n) is 7.42. The molecule has 2 aliphatic heterocycles. The predicted molar refractivity (Wildman–Crippen MR) is 87.0 cm³/mol. The number of ether oxygens (including phenoxy) is 2. The van der Waals surface area contributed by atoms with Crippen LogP contribution in [0.25, 0.3) is 0 Å². The summed E-state index contributed by atoms with van der Waals surface area (Å²) in [7, 11) is 0. The molecule has 0 aliphatic carbocycles. The highest BCUT2D eigenvalue weighted by atomic mass is 35.5. The van der Waals surface area contributed by atoms with E-state index in [2.05, 4.69) is 13.8 Å². The number of nitrogens with two attached hydrogens (primary N) is 1. The van der Waals surface area contributed by atoms with Gasteiger partial charge in [-0.15, -0.1) is 12.4 Å². The lowest BCUT2D eigenvalue weighted by Crippen LogP contribution is -2.54. The molecule has 0 radical (unpaired) electrons. The van der Waals surface area contributed by atoms with Crippen molar-refractivity contribution in [3.63, 3.8) is 0 Å². The molecule has 3 rings (SSSR count). The first kappa shape index (κ1) is 16.9. The van der Waals surface area contributed by atoms with E-state index >= 15 is 0 Å². The number of nitrogens with zero attached hydrogens (tertiary/aromatic N) is 1. The third kappa shape index (κ3) is 3.15. The molecule has 0 bridgehead atoms. The molecule has 1 aromatic rings. The number of benzene rings is 1. The van der Waals surface area contributed by atoms with Gasteiger partial charge >= 0.3 is 0 Å². The van der Waals surface area contributed by atoms with Crippen molar-refractivity contribution in [1.29, 1.82) is 0 Å². The number of carbonyl (C=O) groups is 1. The van der Waals surface area contributed by atoms with Crippen molar-refractivity contribution in [2.45, 2.75) is 26.3 Å². The van der Waals surface area contributed by atoms with Crippen molar-refractivity contribution in [2.75, 3.05) is 26.3 Å². The molecule has 2 heterocycles. The summed E-state index contributed by atoms with van der Waals surface area (Å²) in [4.78, 5) is 14.6. The van der Waals surface area contributed by atoms with Gasteiger partial charge in [0.15, 0.2) is 11.5 Å². The maximum Gasteiger partial charge on any atom is 0.254 e. The summed E-state index contributed by atoms with van der Waals surface area (Å²) >= 11 is 0. The molecule has 122 valence electrons. The number of hydrogen-bond donors (Lipinski definition) is 1. The summed E-state index contributed by atoms with van der Waals surface area (Å²) in [6, 6.07) is 5.53. The molecule has 6 heteroatoms. The van der Waals surface area contributed by atoms with Crippen LogP contribution in [-0.2, 0) is 0 Å². The zero-order valence-corrected chi connectivity index (χ0v) is 13.8. The lowest BCUT2D eigenvalue weighted by atomic mass is 9.79. The molecule has 1 aromatic carbocycles. The van der Waals surface area contributed by atoms with Crippen molar-refractivity contribution >= 4 is 18.3 Å². The van der Waals surface area contributed by atoms with Gasteiger partial charge in [-0.1, -0.05) is 13.8 Å². The molecule has 1 atom stereocenters. The molecule has 1 unspecified atom stereocenters. The lowest BCUT2D eigenvalue weighted by molar-refractivity contribution is 0.0532. The molecule has 1 saturated heterocycles. The summed E-state index contributed by atoms with van der Waals surface area (Å²) in [5.74, 6) is 1.39. The zero-order valence-electron chi connectivity index (χ0n) is 13.0. The molecule has 1 amide bonds. The van der Waals surface area contributed by atoms with E-state index in [0.717, 1.165) is 6.42 Å². The van der Waals surface area contributed by atoms with Gasteiger partial charge in [0.2, 0.25) is 0 Å². The van der Waals surface area contributed by atoms with E-state index < -0.39 is 0 Å². The number of fused-ring (bicyclic) bond motifs is 1. The lowest BCUT2D eigenvalue weighted by Gasteiger charge is -2.42. The first-order valence-corrected chi connectivity index (χ1v) is 7.42.